The van der Waals surface area contributed by atoms with E-state index in [9.17, 15) is 9.59 Å². The van der Waals surface area contributed by atoms with Crippen LogP contribution in [0.1, 0.15) is 104 Å². The number of unbranched alkanes of at least 4 members (excludes halogenated alkanes) is 2. The second-order valence-corrected chi connectivity index (χ2v) is 14.3. The zero-order valence-corrected chi connectivity index (χ0v) is 31.9. The molecule has 52 heavy (non-hydrogen) atoms. The first-order valence-electron chi connectivity index (χ1n) is 19.8. The van der Waals surface area contributed by atoms with Crippen LogP contribution in [0.4, 0.5) is 0 Å². The highest BCUT2D eigenvalue weighted by Crippen LogP contribution is 2.50. The Morgan fingerprint density at radius 3 is 1.19 bits per heavy atom. The summed E-state index contributed by atoms with van der Waals surface area (Å²) in [5.74, 6) is 0.648. The van der Waals surface area contributed by atoms with E-state index in [-0.39, 0.29) is 23.8 Å². The predicted molar refractivity (Wildman–Crippen MR) is 219 cm³/mol. The molecule has 6 aromatic carbocycles. The number of hydrogen-bond donors (Lipinski definition) is 0. The molecule has 0 aromatic heterocycles. The molecule has 270 valence electrons. The van der Waals surface area contributed by atoms with E-state index in [1.165, 1.54) is 11.1 Å². The summed E-state index contributed by atoms with van der Waals surface area (Å²) in [4.78, 5) is 27.6. The van der Waals surface area contributed by atoms with Crippen LogP contribution in [0.2, 0.25) is 0 Å². The maximum absolute atomic E-state index is 13.8. The summed E-state index contributed by atoms with van der Waals surface area (Å²) in [6, 6.07) is 29.8. The zero-order chi connectivity index (χ0) is 36.8. The van der Waals surface area contributed by atoms with Gasteiger partial charge in [0.05, 0.1) is 11.8 Å². The number of carbonyl (C=O) groups excluding carboxylic acids is 2. The van der Waals surface area contributed by atoms with Crippen molar-refractivity contribution >= 4 is 55.0 Å². The van der Waals surface area contributed by atoms with E-state index >= 15 is 0 Å². The van der Waals surface area contributed by atoms with Crippen molar-refractivity contribution in [1.29, 1.82) is 0 Å². The SMILES string of the molecule is CCCCC(CC)C(=O)Oc1c2ccccc2c(-c2c3ccccc3c(OC(=O)C(CC)CCCC)c3ccc(CC)cc23)c2cc(CC)ccc12. The van der Waals surface area contributed by atoms with E-state index in [0.29, 0.717) is 11.5 Å². The van der Waals surface area contributed by atoms with Gasteiger partial charge in [0.1, 0.15) is 11.5 Å². The number of carbonyl (C=O) groups is 2. The highest BCUT2D eigenvalue weighted by atomic mass is 16.5. The van der Waals surface area contributed by atoms with Crippen molar-refractivity contribution in [3.05, 3.63) is 96.1 Å². The van der Waals surface area contributed by atoms with E-state index in [0.717, 1.165) is 118 Å². The Balaban J connectivity index is 1.70. The number of esters is 2. The fourth-order valence-electron chi connectivity index (χ4n) is 7.82. The molecular formula is C48H54O4. The van der Waals surface area contributed by atoms with Gasteiger partial charge in [0.2, 0.25) is 0 Å². The molecule has 0 spiro atoms. The standard InChI is InChI=1S/C48H54O4/c1-7-13-19-33(11-5)47(49)51-45-37-23-17-15-21-35(37)43(41-29-31(9-3)25-27-39(41)45)44-36-22-16-18-24-38(36)46(40-28-26-32(10-4)30-42(40)44)52-48(50)34(12-6)20-14-8-2/h15-18,21-30,33-34H,7-14,19-20H2,1-6H3. The van der Waals surface area contributed by atoms with Gasteiger partial charge < -0.3 is 9.47 Å². The molecule has 0 aliphatic heterocycles. The molecule has 0 heterocycles. The Hall–Kier alpha value is -4.70. The van der Waals surface area contributed by atoms with Crippen LogP contribution in [0, 0.1) is 11.8 Å². The van der Waals surface area contributed by atoms with Crippen molar-refractivity contribution in [1.82, 2.24) is 0 Å². The van der Waals surface area contributed by atoms with Gasteiger partial charge in [0.25, 0.3) is 0 Å². The Morgan fingerprint density at radius 1 is 0.481 bits per heavy atom. The van der Waals surface area contributed by atoms with Crippen LogP contribution in [0.3, 0.4) is 0 Å². The summed E-state index contributed by atoms with van der Waals surface area (Å²) in [5, 5.41) is 7.81. The van der Waals surface area contributed by atoms with Gasteiger partial charge in [0.15, 0.2) is 0 Å². The number of rotatable bonds is 15. The maximum Gasteiger partial charge on any atom is 0.314 e. The molecule has 0 saturated carbocycles. The molecular weight excluding hydrogens is 641 g/mol. The third-order valence-corrected chi connectivity index (χ3v) is 11.0. The molecule has 0 radical (unpaired) electrons. The number of hydrogen-bond acceptors (Lipinski definition) is 4. The van der Waals surface area contributed by atoms with Crippen molar-refractivity contribution in [2.75, 3.05) is 0 Å². The summed E-state index contributed by atoms with van der Waals surface area (Å²) in [6.45, 7) is 12.8. The van der Waals surface area contributed by atoms with Gasteiger partial charge in [0, 0.05) is 21.5 Å². The van der Waals surface area contributed by atoms with Gasteiger partial charge in [-0.2, -0.15) is 0 Å². The monoisotopic (exact) mass is 694 g/mol. The minimum atomic E-state index is -0.159. The van der Waals surface area contributed by atoms with Crippen LogP contribution in [-0.2, 0) is 22.4 Å². The molecule has 2 unspecified atom stereocenters. The van der Waals surface area contributed by atoms with Gasteiger partial charge in [-0.1, -0.05) is 152 Å². The lowest BCUT2D eigenvalue weighted by Gasteiger charge is -2.23. The lowest BCUT2D eigenvalue weighted by molar-refractivity contribution is -0.140. The Morgan fingerprint density at radius 2 is 0.846 bits per heavy atom. The Kier molecular flexibility index (Phi) is 11.9. The molecule has 0 amide bonds. The molecule has 0 N–H and O–H groups in total. The first kappa shape index (κ1) is 37.1. The smallest absolute Gasteiger partial charge is 0.314 e. The van der Waals surface area contributed by atoms with Crippen LogP contribution in [0.25, 0.3) is 54.2 Å². The number of fused-ring (bicyclic) bond motifs is 4. The average molecular weight is 695 g/mol. The number of benzene rings is 6. The largest absolute Gasteiger partial charge is 0.425 e. The molecule has 0 fully saturated rings. The molecule has 6 rings (SSSR count). The Labute approximate surface area is 309 Å². The fourth-order valence-corrected chi connectivity index (χ4v) is 7.82. The second kappa shape index (κ2) is 16.8. The van der Waals surface area contributed by atoms with Crippen LogP contribution in [0.5, 0.6) is 11.5 Å². The van der Waals surface area contributed by atoms with Crippen LogP contribution < -0.4 is 9.47 Å². The van der Waals surface area contributed by atoms with Crippen molar-refractivity contribution in [2.45, 2.75) is 106 Å². The van der Waals surface area contributed by atoms with Gasteiger partial charge in [-0.3, -0.25) is 9.59 Å². The van der Waals surface area contributed by atoms with E-state index in [1.807, 2.05) is 12.1 Å². The molecule has 0 saturated heterocycles. The third kappa shape index (κ3) is 7.18. The number of aryl methyl sites for hydroxylation is 2. The normalized spacial score (nSPS) is 12.8. The highest BCUT2D eigenvalue weighted by Gasteiger charge is 2.27. The molecule has 4 heteroatoms. The fraction of sp³-hybridized carbons (Fsp3) is 0.375. The quantitative estimate of drug-likeness (QED) is 0.0610. The first-order chi connectivity index (χ1) is 25.4. The third-order valence-electron chi connectivity index (χ3n) is 11.0. The van der Waals surface area contributed by atoms with Crippen molar-refractivity contribution in [3.63, 3.8) is 0 Å². The first-order valence-corrected chi connectivity index (χ1v) is 19.8. The summed E-state index contributed by atoms with van der Waals surface area (Å²) >= 11 is 0. The van der Waals surface area contributed by atoms with E-state index in [1.54, 1.807) is 0 Å². The van der Waals surface area contributed by atoms with Crippen molar-refractivity contribution in [3.8, 4) is 22.6 Å². The van der Waals surface area contributed by atoms with Crippen molar-refractivity contribution < 1.29 is 19.1 Å². The summed E-state index contributed by atoms with van der Waals surface area (Å²) < 4.78 is 13.0. The average Bonchev–Trinajstić information content (AvgIpc) is 3.18. The molecule has 0 aliphatic rings. The molecule has 2 atom stereocenters. The molecule has 0 bridgehead atoms. The minimum Gasteiger partial charge on any atom is -0.425 e. The van der Waals surface area contributed by atoms with Crippen LogP contribution in [0.15, 0.2) is 84.9 Å². The summed E-state index contributed by atoms with van der Waals surface area (Å²) in [7, 11) is 0. The van der Waals surface area contributed by atoms with E-state index in [4.69, 9.17) is 9.47 Å². The van der Waals surface area contributed by atoms with E-state index < -0.39 is 0 Å². The van der Waals surface area contributed by atoms with Gasteiger partial charge in [-0.25, -0.2) is 0 Å². The number of ether oxygens (including phenoxy) is 2. The highest BCUT2D eigenvalue weighted by molar-refractivity contribution is 6.27. The lowest BCUT2D eigenvalue weighted by Crippen LogP contribution is -2.20. The van der Waals surface area contributed by atoms with Gasteiger partial charge in [-0.15, -0.1) is 0 Å². The topological polar surface area (TPSA) is 52.6 Å². The predicted octanol–water partition coefficient (Wildman–Crippen LogP) is 13.3. The van der Waals surface area contributed by atoms with Crippen molar-refractivity contribution in [2.24, 2.45) is 11.8 Å². The second-order valence-electron chi connectivity index (χ2n) is 14.3. The molecule has 6 aromatic rings. The van der Waals surface area contributed by atoms with Gasteiger partial charge in [-0.05, 0) is 82.3 Å². The maximum atomic E-state index is 13.8. The minimum absolute atomic E-state index is 0.145. The molecule has 0 aliphatic carbocycles. The summed E-state index contributed by atoms with van der Waals surface area (Å²) in [6.07, 6.45) is 8.98. The molecule has 4 nitrogen and oxygen atoms in total. The van der Waals surface area contributed by atoms with E-state index in [2.05, 4.69) is 114 Å². The zero-order valence-electron chi connectivity index (χ0n) is 31.9. The Bertz CT molecular complexity index is 2070. The lowest BCUT2D eigenvalue weighted by atomic mass is 9.84. The van der Waals surface area contributed by atoms with Crippen LogP contribution in [-0.4, -0.2) is 11.9 Å². The van der Waals surface area contributed by atoms with Crippen LogP contribution >= 0.6 is 0 Å². The summed E-state index contributed by atoms with van der Waals surface area (Å²) in [5.41, 5.74) is 4.62. The van der Waals surface area contributed by atoms with Gasteiger partial charge >= 0.3 is 11.9 Å².